The van der Waals surface area contributed by atoms with Crippen molar-refractivity contribution in [1.29, 1.82) is 0 Å². The largest absolute Gasteiger partial charge is 0.309 e. The van der Waals surface area contributed by atoms with Crippen molar-refractivity contribution < 1.29 is 13.2 Å². The van der Waals surface area contributed by atoms with Gasteiger partial charge >= 0.3 is 0 Å². The zero-order valence-corrected chi connectivity index (χ0v) is 14.6. The highest BCUT2D eigenvalue weighted by atomic mass is 32.2. The van der Waals surface area contributed by atoms with Gasteiger partial charge in [0, 0.05) is 18.0 Å². The summed E-state index contributed by atoms with van der Waals surface area (Å²) in [5.41, 5.74) is 0.586. The third kappa shape index (κ3) is 4.85. The summed E-state index contributed by atoms with van der Waals surface area (Å²) >= 11 is 0. The molecule has 3 rings (SSSR count). The van der Waals surface area contributed by atoms with Crippen LogP contribution in [-0.4, -0.2) is 34.1 Å². The lowest BCUT2D eigenvalue weighted by molar-refractivity contribution is -0.120. The van der Waals surface area contributed by atoms with Crippen molar-refractivity contribution >= 4 is 22.4 Å². The second kappa shape index (κ2) is 8.19. The summed E-state index contributed by atoms with van der Waals surface area (Å²) in [6.07, 6.45) is 11.4. The van der Waals surface area contributed by atoms with Crippen LogP contribution >= 0.6 is 0 Å². The molecule has 0 aromatic carbocycles. The summed E-state index contributed by atoms with van der Waals surface area (Å²) in [4.78, 5) is 20.6. The molecule has 1 saturated carbocycles. The minimum Gasteiger partial charge on any atom is -0.309 e. The van der Waals surface area contributed by atoms with Crippen molar-refractivity contribution in [3.05, 3.63) is 36.5 Å². The first-order valence-corrected chi connectivity index (χ1v) is 9.70. The van der Waals surface area contributed by atoms with E-state index in [4.69, 9.17) is 0 Å². The van der Waals surface area contributed by atoms with E-state index in [-0.39, 0.29) is 11.7 Å². The van der Waals surface area contributed by atoms with Crippen molar-refractivity contribution in [2.24, 2.45) is 5.92 Å². The SMILES string of the molecule is O=C(Nc1ccncn1)[C@H](CC1CCCC1)n1cc(C[SH](=O)=O)cn1. The van der Waals surface area contributed by atoms with E-state index in [0.717, 1.165) is 12.8 Å². The Bertz CT molecular complexity index is 776. The van der Waals surface area contributed by atoms with Crippen LogP contribution in [0.3, 0.4) is 0 Å². The molecule has 1 aliphatic rings. The number of anilines is 1. The molecule has 1 aliphatic carbocycles. The monoisotopic (exact) mass is 363 g/mol. The predicted octanol–water partition coefficient (Wildman–Crippen LogP) is 1.54. The van der Waals surface area contributed by atoms with Gasteiger partial charge in [-0.2, -0.15) is 5.10 Å². The van der Waals surface area contributed by atoms with Crippen LogP contribution in [0.1, 0.15) is 43.7 Å². The van der Waals surface area contributed by atoms with E-state index in [1.165, 1.54) is 25.4 Å². The van der Waals surface area contributed by atoms with E-state index >= 15 is 0 Å². The summed E-state index contributed by atoms with van der Waals surface area (Å²) in [6.45, 7) is 0. The standard InChI is InChI=1S/C16H21N5O3S/c22-16(20-15-5-6-17-11-18-15)14(7-12-3-1-2-4-12)21-9-13(8-19-21)10-25(23)24/h5-6,8-9,11-12,14,25H,1-4,7,10H2,(H,17,18,20,22)/t14-/m0/s1. The number of rotatable bonds is 7. The summed E-state index contributed by atoms with van der Waals surface area (Å²) in [5.74, 6) is 0.641. The lowest BCUT2D eigenvalue weighted by atomic mass is 9.98. The second-order valence-electron chi connectivity index (χ2n) is 6.31. The van der Waals surface area contributed by atoms with Crippen molar-refractivity contribution in [2.75, 3.05) is 5.32 Å². The van der Waals surface area contributed by atoms with Crippen LogP contribution in [-0.2, 0) is 21.3 Å². The molecule has 0 unspecified atom stereocenters. The lowest BCUT2D eigenvalue weighted by Crippen LogP contribution is -2.28. The van der Waals surface area contributed by atoms with Gasteiger partial charge in [-0.05, 0) is 18.4 Å². The van der Waals surface area contributed by atoms with Crippen LogP contribution in [0.4, 0.5) is 5.82 Å². The molecule has 0 aliphatic heterocycles. The molecule has 9 heteroatoms. The van der Waals surface area contributed by atoms with Crippen molar-refractivity contribution in [2.45, 2.75) is 43.9 Å². The summed E-state index contributed by atoms with van der Waals surface area (Å²) in [7, 11) is -2.52. The van der Waals surface area contributed by atoms with E-state index in [1.807, 2.05) is 0 Å². The van der Waals surface area contributed by atoms with Crippen molar-refractivity contribution in [1.82, 2.24) is 19.7 Å². The Morgan fingerprint density at radius 3 is 2.84 bits per heavy atom. The zero-order chi connectivity index (χ0) is 17.6. The van der Waals surface area contributed by atoms with Gasteiger partial charge in [0.25, 0.3) is 0 Å². The van der Waals surface area contributed by atoms with Crippen LogP contribution in [0.5, 0.6) is 0 Å². The predicted molar refractivity (Wildman–Crippen MR) is 92.5 cm³/mol. The van der Waals surface area contributed by atoms with Crippen LogP contribution in [0.2, 0.25) is 0 Å². The number of amides is 1. The summed E-state index contributed by atoms with van der Waals surface area (Å²) < 4.78 is 23.4. The van der Waals surface area contributed by atoms with E-state index in [2.05, 4.69) is 20.4 Å². The number of hydrogen-bond donors (Lipinski definition) is 2. The molecule has 1 amide bonds. The topological polar surface area (TPSA) is 107 Å². The number of thiol groups is 1. The zero-order valence-electron chi connectivity index (χ0n) is 13.7. The molecule has 0 bridgehead atoms. The fourth-order valence-corrected chi connectivity index (χ4v) is 3.71. The van der Waals surface area contributed by atoms with Crippen LogP contribution in [0, 0.1) is 5.92 Å². The molecular formula is C16H21N5O3S. The molecule has 2 aromatic heterocycles. The number of aromatic nitrogens is 4. The van der Waals surface area contributed by atoms with E-state index in [9.17, 15) is 13.2 Å². The molecule has 1 atom stereocenters. The Balaban J connectivity index is 1.78. The average molecular weight is 363 g/mol. The lowest BCUT2D eigenvalue weighted by Gasteiger charge is -2.20. The first kappa shape index (κ1) is 17.5. The molecular weight excluding hydrogens is 342 g/mol. The Morgan fingerprint density at radius 2 is 2.16 bits per heavy atom. The number of carbonyl (C=O) groups excluding carboxylic acids is 1. The van der Waals surface area contributed by atoms with Gasteiger partial charge in [0.1, 0.15) is 28.9 Å². The maximum Gasteiger partial charge on any atom is 0.250 e. The first-order valence-electron chi connectivity index (χ1n) is 8.33. The Morgan fingerprint density at radius 1 is 1.36 bits per heavy atom. The van der Waals surface area contributed by atoms with Gasteiger partial charge < -0.3 is 5.32 Å². The molecule has 1 fully saturated rings. The maximum atomic E-state index is 12.8. The molecule has 0 radical (unpaired) electrons. The van der Waals surface area contributed by atoms with E-state index in [0.29, 0.717) is 23.7 Å². The Hall–Kier alpha value is -2.29. The van der Waals surface area contributed by atoms with Crippen molar-refractivity contribution in [3.63, 3.8) is 0 Å². The van der Waals surface area contributed by atoms with Gasteiger partial charge in [-0.15, -0.1) is 0 Å². The van der Waals surface area contributed by atoms with Gasteiger partial charge in [-0.1, -0.05) is 25.7 Å². The van der Waals surface area contributed by atoms with Gasteiger partial charge in [0.05, 0.1) is 11.9 Å². The first-order chi connectivity index (χ1) is 12.1. The van der Waals surface area contributed by atoms with Gasteiger partial charge in [-0.3, -0.25) is 9.48 Å². The Labute approximate surface area is 147 Å². The smallest absolute Gasteiger partial charge is 0.250 e. The fourth-order valence-electron chi connectivity index (χ4n) is 3.25. The third-order valence-corrected chi connectivity index (χ3v) is 5.08. The molecule has 8 nitrogen and oxygen atoms in total. The maximum absolute atomic E-state index is 12.8. The molecule has 1 N–H and O–H groups in total. The summed E-state index contributed by atoms with van der Waals surface area (Å²) in [6, 6.07) is 1.14. The quantitative estimate of drug-likeness (QED) is 0.723. The van der Waals surface area contributed by atoms with Crippen LogP contribution in [0.15, 0.2) is 31.0 Å². The minimum atomic E-state index is -2.52. The molecule has 25 heavy (non-hydrogen) atoms. The fraction of sp³-hybridized carbons (Fsp3) is 0.500. The molecule has 2 heterocycles. The molecule has 134 valence electrons. The second-order valence-corrected chi connectivity index (χ2v) is 7.29. The molecule has 2 aromatic rings. The number of carbonyl (C=O) groups is 1. The highest BCUT2D eigenvalue weighted by molar-refractivity contribution is 7.71. The van der Waals surface area contributed by atoms with Crippen molar-refractivity contribution in [3.8, 4) is 0 Å². The highest BCUT2D eigenvalue weighted by Gasteiger charge is 2.27. The van der Waals surface area contributed by atoms with Crippen LogP contribution in [0.25, 0.3) is 0 Å². The number of nitrogens with zero attached hydrogens (tertiary/aromatic N) is 4. The normalized spacial score (nSPS) is 16.2. The number of nitrogens with one attached hydrogen (secondary N) is 1. The third-order valence-electron chi connectivity index (χ3n) is 4.45. The highest BCUT2D eigenvalue weighted by Crippen LogP contribution is 2.32. The van der Waals surface area contributed by atoms with E-state index < -0.39 is 16.7 Å². The van der Waals surface area contributed by atoms with E-state index in [1.54, 1.807) is 23.1 Å². The molecule has 0 spiro atoms. The summed E-state index contributed by atoms with van der Waals surface area (Å²) in [5, 5.41) is 7.02. The Kier molecular flexibility index (Phi) is 5.75. The average Bonchev–Trinajstić information content (AvgIpc) is 3.24. The molecule has 0 saturated heterocycles. The number of hydrogen-bond acceptors (Lipinski definition) is 6. The van der Waals surface area contributed by atoms with Gasteiger partial charge in [0.15, 0.2) is 0 Å². The van der Waals surface area contributed by atoms with Gasteiger partial charge in [0.2, 0.25) is 5.91 Å². The minimum absolute atomic E-state index is 0.0704. The van der Waals surface area contributed by atoms with Gasteiger partial charge in [-0.25, -0.2) is 18.4 Å². The van der Waals surface area contributed by atoms with Crippen LogP contribution < -0.4 is 5.32 Å².